The molecule has 0 saturated heterocycles. The van der Waals surface area contributed by atoms with E-state index in [4.69, 9.17) is 4.43 Å². The van der Waals surface area contributed by atoms with E-state index in [0.29, 0.717) is 0 Å². The van der Waals surface area contributed by atoms with Gasteiger partial charge in [0.1, 0.15) is 0 Å². The van der Waals surface area contributed by atoms with Crippen LogP contribution in [0.4, 0.5) is 0 Å². The summed E-state index contributed by atoms with van der Waals surface area (Å²) in [6.45, 7) is 13.4. The second-order valence-corrected chi connectivity index (χ2v) is 13.8. The summed E-state index contributed by atoms with van der Waals surface area (Å²) in [6.07, 6.45) is 12.0. The first kappa shape index (κ1) is 22.9. The molecule has 0 aliphatic heterocycles. The average Bonchev–Trinajstić information content (AvgIpc) is 2.55. The molecule has 0 N–H and O–H groups in total. The smallest absolute Gasteiger partial charge is 0.185 e. The minimum atomic E-state index is -1.62. The van der Waals surface area contributed by atoms with Gasteiger partial charge in [-0.05, 0) is 78.3 Å². The van der Waals surface area contributed by atoms with E-state index in [-0.39, 0.29) is 6.10 Å². The molecule has 3 heteroatoms. The number of rotatable bonds is 13. The van der Waals surface area contributed by atoms with Gasteiger partial charge in [-0.15, -0.1) is 0 Å². The number of benzene rings is 1. The summed E-state index contributed by atoms with van der Waals surface area (Å²) in [5.41, 5.74) is 2.50. The highest BCUT2D eigenvalue weighted by molar-refractivity contribution is 14.1. The van der Waals surface area contributed by atoms with E-state index in [2.05, 4.69) is 80.0 Å². The maximum Gasteiger partial charge on any atom is 0.185 e. The summed E-state index contributed by atoms with van der Waals surface area (Å²) in [5, 5.41) is 0. The predicted molar refractivity (Wildman–Crippen MR) is 123 cm³/mol. The summed E-state index contributed by atoms with van der Waals surface area (Å²) >= 11 is 2.35. The van der Waals surface area contributed by atoms with Crippen molar-refractivity contribution in [2.75, 3.05) is 0 Å². The Morgan fingerprint density at radius 3 is 2.00 bits per heavy atom. The van der Waals surface area contributed by atoms with E-state index in [1.165, 1.54) is 66.1 Å². The van der Waals surface area contributed by atoms with Crippen molar-refractivity contribution in [2.24, 2.45) is 0 Å². The van der Waals surface area contributed by atoms with Crippen LogP contribution in [-0.4, -0.2) is 8.32 Å². The van der Waals surface area contributed by atoms with Gasteiger partial charge >= 0.3 is 0 Å². The Bertz CT molecular complexity index is 490. The minimum Gasteiger partial charge on any atom is -0.407 e. The molecule has 1 atom stereocenters. The molecule has 0 saturated carbocycles. The first-order chi connectivity index (χ1) is 11.8. The lowest BCUT2D eigenvalue weighted by Crippen LogP contribution is -2.28. The van der Waals surface area contributed by atoms with E-state index >= 15 is 0 Å². The molecule has 1 aromatic rings. The van der Waals surface area contributed by atoms with Crippen LogP contribution in [0.1, 0.15) is 76.4 Å². The van der Waals surface area contributed by atoms with Gasteiger partial charge in [-0.1, -0.05) is 70.6 Å². The Kier molecular flexibility index (Phi) is 11.3. The number of halogens is 1. The Balaban J connectivity index is 2.46. The third kappa shape index (κ3) is 10.6. The summed E-state index contributed by atoms with van der Waals surface area (Å²) in [4.78, 5) is 0. The van der Waals surface area contributed by atoms with Crippen LogP contribution in [0.3, 0.4) is 0 Å². The molecule has 0 amide bonds. The van der Waals surface area contributed by atoms with Gasteiger partial charge in [-0.25, -0.2) is 0 Å². The van der Waals surface area contributed by atoms with Crippen molar-refractivity contribution >= 4 is 30.9 Å². The second kappa shape index (κ2) is 12.3. The van der Waals surface area contributed by atoms with Crippen LogP contribution < -0.4 is 0 Å². The lowest BCUT2D eigenvalue weighted by Gasteiger charge is -2.28. The van der Waals surface area contributed by atoms with Gasteiger partial charge in [-0.2, -0.15) is 0 Å². The van der Waals surface area contributed by atoms with E-state index in [0.717, 1.165) is 6.42 Å². The molecular weight excluding hydrogens is 435 g/mol. The minimum absolute atomic E-state index is 0.0632. The molecule has 0 aromatic heterocycles. The van der Waals surface area contributed by atoms with Crippen molar-refractivity contribution in [2.45, 2.75) is 90.5 Å². The van der Waals surface area contributed by atoms with Crippen molar-refractivity contribution in [1.29, 1.82) is 0 Å². The van der Waals surface area contributed by atoms with E-state index in [1.807, 2.05) is 0 Å². The summed E-state index contributed by atoms with van der Waals surface area (Å²) in [5.74, 6) is 0. The maximum absolute atomic E-state index is 6.48. The molecule has 0 aliphatic rings. The first-order valence-corrected chi connectivity index (χ1v) is 14.4. The zero-order chi connectivity index (χ0) is 18.7. The van der Waals surface area contributed by atoms with Gasteiger partial charge in [0.2, 0.25) is 0 Å². The second-order valence-electron chi connectivity index (χ2n) is 8.04. The lowest BCUT2D eigenvalue weighted by atomic mass is 9.97. The van der Waals surface area contributed by atoms with Crippen molar-refractivity contribution < 1.29 is 4.43 Å². The number of unbranched alkanes of at least 4 members (excludes halogenated alkanes) is 7. The third-order valence-electron chi connectivity index (χ3n) is 4.37. The van der Waals surface area contributed by atoms with Crippen LogP contribution >= 0.6 is 22.6 Å². The highest BCUT2D eigenvalue weighted by atomic mass is 127. The van der Waals surface area contributed by atoms with Crippen molar-refractivity contribution in [3.05, 3.63) is 45.6 Å². The highest BCUT2D eigenvalue weighted by Crippen LogP contribution is 2.31. The van der Waals surface area contributed by atoms with Crippen LogP contribution in [0.15, 0.2) is 36.4 Å². The summed E-state index contributed by atoms with van der Waals surface area (Å²) < 4.78 is 7.75. The molecule has 0 heterocycles. The Hall–Kier alpha value is -0.133. The molecule has 0 fully saturated rings. The van der Waals surface area contributed by atoms with Gasteiger partial charge in [-0.3, -0.25) is 0 Å². The van der Waals surface area contributed by atoms with Crippen LogP contribution in [0, 0.1) is 3.57 Å². The molecule has 0 bridgehead atoms. The highest BCUT2D eigenvalue weighted by Gasteiger charge is 2.24. The topological polar surface area (TPSA) is 9.23 Å². The molecule has 1 nitrogen and oxygen atoms in total. The standard InChI is InChI=1S/C22H37IOSi/c1-6-7-8-9-10-11-12-13-14-19(2)22(24-25(3,4)5)20-15-17-21(23)18-16-20/h15-18,22H,2,6-14H2,1,3-5H3. The zero-order valence-corrected chi connectivity index (χ0v) is 19.9. The van der Waals surface area contributed by atoms with Crippen molar-refractivity contribution in [3.63, 3.8) is 0 Å². The SMILES string of the molecule is C=C(CCCCCCCCCC)C(O[Si](C)(C)C)c1ccc(I)cc1. The zero-order valence-electron chi connectivity index (χ0n) is 16.7. The Morgan fingerprint density at radius 2 is 1.48 bits per heavy atom. The van der Waals surface area contributed by atoms with Crippen molar-refractivity contribution in [1.82, 2.24) is 0 Å². The molecular formula is C22H37IOSi. The molecule has 25 heavy (non-hydrogen) atoms. The normalized spacial score (nSPS) is 13.0. The molecule has 0 aliphatic carbocycles. The molecule has 142 valence electrons. The van der Waals surface area contributed by atoms with Crippen LogP contribution in [0.2, 0.25) is 19.6 Å². The first-order valence-electron chi connectivity index (χ1n) is 9.94. The summed E-state index contributed by atoms with van der Waals surface area (Å²) in [7, 11) is -1.62. The average molecular weight is 473 g/mol. The van der Waals surface area contributed by atoms with Crippen LogP contribution in [-0.2, 0) is 4.43 Å². The Labute approximate surface area is 170 Å². The molecule has 0 radical (unpaired) electrons. The Morgan fingerprint density at radius 1 is 0.960 bits per heavy atom. The van der Waals surface area contributed by atoms with Crippen LogP contribution in [0.5, 0.6) is 0 Å². The maximum atomic E-state index is 6.48. The monoisotopic (exact) mass is 472 g/mol. The third-order valence-corrected chi connectivity index (χ3v) is 6.03. The fourth-order valence-electron chi connectivity index (χ4n) is 3.00. The fraction of sp³-hybridized carbons (Fsp3) is 0.636. The van der Waals surface area contributed by atoms with Crippen LogP contribution in [0.25, 0.3) is 0 Å². The van der Waals surface area contributed by atoms with Gasteiger partial charge in [0, 0.05) is 3.57 Å². The molecule has 1 rings (SSSR count). The lowest BCUT2D eigenvalue weighted by molar-refractivity contribution is 0.230. The number of hydrogen-bond donors (Lipinski definition) is 0. The quantitative estimate of drug-likeness (QED) is 0.121. The molecule has 1 aromatic carbocycles. The van der Waals surface area contributed by atoms with E-state index < -0.39 is 8.32 Å². The molecule has 1 unspecified atom stereocenters. The molecule has 0 spiro atoms. The predicted octanol–water partition coefficient (Wildman–Crippen LogP) is 8.27. The van der Waals surface area contributed by atoms with E-state index in [9.17, 15) is 0 Å². The summed E-state index contributed by atoms with van der Waals surface area (Å²) in [6, 6.07) is 8.73. The largest absolute Gasteiger partial charge is 0.407 e. The van der Waals surface area contributed by atoms with Gasteiger partial charge in [0.05, 0.1) is 6.10 Å². The van der Waals surface area contributed by atoms with Crippen molar-refractivity contribution in [3.8, 4) is 0 Å². The fourth-order valence-corrected chi connectivity index (χ4v) is 4.36. The van der Waals surface area contributed by atoms with E-state index in [1.54, 1.807) is 0 Å². The van der Waals surface area contributed by atoms with Gasteiger partial charge < -0.3 is 4.43 Å². The number of hydrogen-bond acceptors (Lipinski definition) is 1. The van der Waals surface area contributed by atoms with Gasteiger partial charge in [0.15, 0.2) is 8.32 Å². The van der Waals surface area contributed by atoms with Gasteiger partial charge in [0.25, 0.3) is 0 Å².